The van der Waals surface area contributed by atoms with Crippen LogP contribution in [0.3, 0.4) is 0 Å². The topological polar surface area (TPSA) is 58.8 Å². The second-order valence-electron chi connectivity index (χ2n) is 5.59. The van der Waals surface area contributed by atoms with Crippen LogP contribution in [0.2, 0.25) is 0 Å². The predicted octanol–water partition coefficient (Wildman–Crippen LogP) is 4.22. The van der Waals surface area contributed by atoms with Gasteiger partial charge in [-0.1, -0.05) is 6.92 Å². The predicted molar refractivity (Wildman–Crippen MR) is 115 cm³/mol. The molecule has 0 saturated carbocycles. The average Bonchev–Trinajstić information content (AvgIpc) is 3.28. The third-order valence-electron chi connectivity index (χ3n) is 3.56. The Balaban J connectivity index is 0.00000312. The zero-order valence-corrected chi connectivity index (χ0v) is 18.0. The lowest BCUT2D eigenvalue weighted by Gasteiger charge is -2.13. The first-order chi connectivity index (χ1) is 11.8. The Morgan fingerprint density at radius 3 is 2.92 bits per heavy atom. The van der Waals surface area contributed by atoms with Gasteiger partial charge in [0.05, 0.1) is 6.26 Å². The number of hydrogen-bond acceptors (Lipinski definition) is 4. The number of guanidine groups is 1. The fourth-order valence-electron chi connectivity index (χ4n) is 2.18. The molecule has 7 heteroatoms. The molecule has 0 bridgehead atoms. The number of thiophene rings is 1. The van der Waals surface area contributed by atoms with Crippen molar-refractivity contribution < 1.29 is 9.15 Å². The van der Waals surface area contributed by atoms with Crippen LogP contribution in [-0.2, 0) is 11.3 Å². The van der Waals surface area contributed by atoms with Crippen LogP contribution in [0.4, 0.5) is 0 Å². The van der Waals surface area contributed by atoms with Crippen molar-refractivity contribution in [1.82, 2.24) is 10.6 Å². The van der Waals surface area contributed by atoms with Gasteiger partial charge in [-0.2, -0.15) is 11.3 Å². The molecule has 0 fully saturated rings. The summed E-state index contributed by atoms with van der Waals surface area (Å²) in [4.78, 5) is 4.67. The summed E-state index contributed by atoms with van der Waals surface area (Å²) >= 11 is 1.73. The van der Waals surface area contributed by atoms with Crippen molar-refractivity contribution in [3.63, 3.8) is 0 Å². The maximum atomic E-state index is 5.57. The summed E-state index contributed by atoms with van der Waals surface area (Å²) in [6, 6.07) is 5.96. The maximum Gasteiger partial charge on any atom is 0.191 e. The SMILES string of the molecule is CCNC(=NCC(C)c1ccsc1)NCCCOCc1ccco1.I. The summed E-state index contributed by atoms with van der Waals surface area (Å²) in [5, 5.41) is 10.9. The monoisotopic (exact) mass is 477 g/mol. The van der Waals surface area contributed by atoms with E-state index in [1.807, 2.05) is 12.1 Å². The lowest BCUT2D eigenvalue weighted by atomic mass is 10.1. The Bertz CT molecular complexity index is 573. The molecule has 2 heterocycles. The normalized spacial score (nSPS) is 12.5. The number of hydrogen-bond donors (Lipinski definition) is 2. The van der Waals surface area contributed by atoms with E-state index in [1.165, 1.54) is 5.56 Å². The molecule has 2 aromatic heterocycles. The summed E-state index contributed by atoms with van der Waals surface area (Å²) < 4.78 is 10.8. The van der Waals surface area contributed by atoms with Crippen molar-refractivity contribution in [2.45, 2.75) is 32.8 Å². The van der Waals surface area contributed by atoms with Gasteiger partial charge < -0.3 is 19.8 Å². The highest BCUT2D eigenvalue weighted by molar-refractivity contribution is 14.0. The Morgan fingerprint density at radius 1 is 1.36 bits per heavy atom. The van der Waals surface area contributed by atoms with E-state index in [0.717, 1.165) is 37.8 Å². The highest BCUT2D eigenvalue weighted by Crippen LogP contribution is 2.18. The summed E-state index contributed by atoms with van der Waals surface area (Å²) in [5.74, 6) is 2.16. The molecule has 0 aromatic carbocycles. The van der Waals surface area contributed by atoms with Crippen molar-refractivity contribution in [3.8, 4) is 0 Å². The van der Waals surface area contributed by atoms with Gasteiger partial charge in [0.15, 0.2) is 5.96 Å². The fourth-order valence-corrected chi connectivity index (χ4v) is 2.96. The van der Waals surface area contributed by atoms with Crippen molar-refractivity contribution in [1.29, 1.82) is 0 Å². The second-order valence-corrected chi connectivity index (χ2v) is 6.37. The summed E-state index contributed by atoms with van der Waals surface area (Å²) in [7, 11) is 0. The fraction of sp³-hybridized carbons (Fsp3) is 0.500. The number of ether oxygens (including phenoxy) is 1. The summed E-state index contributed by atoms with van der Waals surface area (Å²) in [6.45, 7) is 7.97. The van der Waals surface area contributed by atoms with Crippen LogP contribution < -0.4 is 10.6 Å². The average molecular weight is 477 g/mol. The smallest absolute Gasteiger partial charge is 0.191 e. The van der Waals surface area contributed by atoms with Crippen LogP contribution in [0.25, 0.3) is 0 Å². The van der Waals surface area contributed by atoms with Crippen LogP contribution in [0.1, 0.15) is 37.5 Å². The summed E-state index contributed by atoms with van der Waals surface area (Å²) in [6.07, 6.45) is 2.59. The minimum Gasteiger partial charge on any atom is -0.467 e. The van der Waals surface area contributed by atoms with Gasteiger partial charge in [-0.3, -0.25) is 4.99 Å². The molecule has 140 valence electrons. The minimum absolute atomic E-state index is 0. The number of nitrogens with zero attached hydrogens (tertiary/aromatic N) is 1. The zero-order chi connectivity index (χ0) is 17.0. The molecule has 0 saturated heterocycles. The number of nitrogens with one attached hydrogen (secondary N) is 2. The van der Waals surface area contributed by atoms with Crippen LogP contribution in [0.5, 0.6) is 0 Å². The highest BCUT2D eigenvalue weighted by atomic mass is 127. The number of aliphatic imine (C=N–C) groups is 1. The molecular formula is C18H28IN3O2S. The zero-order valence-electron chi connectivity index (χ0n) is 14.9. The van der Waals surface area contributed by atoms with E-state index in [-0.39, 0.29) is 24.0 Å². The lowest BCUT2D eigenvalue weighted by molar-refractivity contribution is 0.105. The molecule has 0 aliphatic rings. The quantitative estimate of drug-likeness (QED) is 0.233. The van der Waals surface area contributed by atoms with E-state index in [1.54, 1.807) is 17.6 Å². The van der Waals surface area contributed by atoms with Crippen molar-refractivity contribution in [3.05, 3.63) is 46.5 Å². The minimum atomic E-state index is 0. The molecule has 1 atom stereocenters. The molecule has 2 rings (SSSR count). The molecule has 0 spiro atoms. The van der Waals surface area contributed by atoms with E-state index in [2.05, 4.69) is 46.3 Å². The maximum absolute atomic E-state index is 5.57. The highest BCUT2D eigenvalue weighted by Gasteiger charge is 2.05. The number of rotatable bonds is 10. The number of halogens is 1. The Morgan fingerprint density at radius 2 is 2.24 bits per heavy atom. The second kappa shape index (κ2) is 13.2. The molecule has 25 heavy (non-hydrogen) atoms. The van der Waals surface area contributed by atoms with E-state index >= 15 is 0 Å². The van der Waals surface area contributed by atoms with Gasteiger partial charge in [-0.25, -0.2) is 0 Å². The standard InChI is InChI=1S/C18H27N3O2S.HI/c1-3-19-18(21-12-15(2)16-7-11-24-14-16)20-8-5-9-22-13-17-6-4-10-23-17;/h4,6-7,10-11,14-15H,3,5,8-9,12-13H2,1-2H3,(H2,19,20,21);1H. The molecule has 1 unspecified atom stereocenters. The molecule has 2 N–H and O–H groups in total. The molecular weight excluding hydrogens is 449 g/mol. The first kappa shape index (κ1) is 22.0. The Kier molecular flexibility index (Phi) is 11.6. The van der Waals surface area contributed by atoms with E-state index in [9.17, 15) is 0 Å². The third-order valence-corrected chi connectivity index (χ3v) is 4.26. The van der Waals surface area contributed by atoms with Gasteiger partial charge in [0, 0.05) is 32.2 Å². The number of furan rings is 1. The van der Waals surface area contributed by atoms with E-state index in [4.69, 9.17) is 9.15 Å². The summed E-state index contributed by atoms with van der Waals surface area (Å²) in [5.41, 5.74) is 1.35. The molecule has 5 nitrogen and oxygen atoms in total. The largest absolute Gasteiger partial charge is 0.467 e. The van der Waals surface area contributed by atoms with Gasteiger partial charge in [0.2, 0.25) is 0 Å². The Labute approximate surface area is 171 Å². The van der Waals surface area contributed by atoms with Gasteiger partial charge >= 0.3 is 0 Å². The molecule has 2 aromatic rings. The molecule has 0 amide bonds. The van der Waals surface area contributed by atoms with Crippen LogP contribution >= 0.6 is 35.3 Å². The van der Waals surface area contributed by atoms with Gasteiger partial charge in [0.25, 0.3) is 0 Å². The van der Waals surface area contributed by atoms with Crippen molar-refractivity contribution in [2.24, 2.45) is 4.99 Å². The van der Waals surface area contributed by atoms with Crippen LogP contribution in [-0.4, -0.2) is 32.2 Å². The third kappa shape index (κ3) is 8.73. The molecule has 0 aliphatic carbocycles. The molecule has 0 radical (unpaired) electrons. The van der Waals surface area contributed by atoms with E-state index < -0.39 is 0 Å². The van der Waals surface area contributed by atoms with E-state index in [0.29, 0.717) is 19.1 Å². The first-order valence-corrected chi connectivity index (χ1v) is 9.38. The molecule has 0 aliphatic heterocycles. The first-order valence-electron chi connectivity index (χ1n) is 8.44. The van der Waals surface area contributed by atoms with Crippen molar-refractivity contribution >= 4 is 41.3 Å². The van der Waals surface area contributed by atoms with Crippen LogP contribution in [0, 0.1) is 0 Å². The lowest BCUT2D eigenvalue weighted by Crippen LogP contribution is -2.38. The Hall–Kier alpha value is -1.06. The van der Waals surface area contributed by atoms with Gasteiger partial charge in [-0.15, -0.1) is 24.0 Å². The van der Waals surface area contributed by atoms with Crippen molar-refractivity contribution in [2.75, 3.05) is 26.2 Å². The van der Waals surface area contributed by atoms with Gasteiger partial charge in [0.1, 0.15) is 12.4 Å². The van der Waals surface area contributed by atoms with Crippen LogP contribution in [0.15, 0.2) is 44.6 Å². The van der Waals surface area contributed by atoms with Gasteiger partial charge in [-0.05, 0) is 47.9 Å².